The largest absolute Gasteiger partial charge is 0.487 e. The quantitative estimate of drug-likeness (QED) is 0.753. The molecular formula is C13H14ClIN2O. The van der Waals surface area contributed by atoms with Gasteiger partial charge in [0.05, 0.1) is 16.4 Å². The summed E-state index contributed by atoms with van der Waals surface area (Å²) in [4.78, 5) is 0. The van der Waals surface area contributed by atoms with Gasteiger partial charge in [-0.1, -0.05) is 11.6 Å². The number of hydrogen-bond acceptors (Lipinski definition) is 2. The molecule has 96 valence electrons. The van der Waals surface area contributed by atoms with Crippen molar-refractivity contribution in [3.8, 4) is 5.75 Å². The van der Waals surface area contributed by atoms with Gasteiger partial charge >= 0.3 is 0 Å². The van der Waals surface area contributed by atoms with Gasteiger partial charge < -0.3 is 4.74 Å². The molecule has 0 saturated heterocycles. The molecule has 0 aliphatic rings. The molecule has 0 unspecified atom stereocenters. The topological polar surface area (TPSA) is 27.1 Å². The van der Waals surface area contributed by atoms with Crippen molar-refractivity contribution in [2.24, 2.45) is 0 Å². The molecule has 0 fully saturated rings. The molecule has 18 heavy (non-hydrogen) atoms. The Morgan fingerprint density at radius 2 is 2.00 bits per heavy atom. The maximum Gasteiger partial charge on any atom is 0.131 e. The highest BCUT2D eigenvalue weighted by Gasteiger charge is 2.12. The Morgan fingerprint density at radius 1 is 1.33 bits per heavy atom. The number of nitrogens with zero attached hydrogens (tertiary/aromatic N) is 2. The maximum absolute atomic E-state index is 6.22. The van der Waals surface area contributed by atoms with Gasteiger partial charge in [0.15, 0.2) is 0 Å². The highest BCUT2D eigenvalue weighted by molar-refractivity contribution is 14.1. The van der Waals surface area contributed by atoms with Crippen molar-refractivity contribution in [2.45, 2.75) is 27.0 Å². The van der Waals surface area contributed by atoms with Crippen LogP contribution in [-0.4, -0.2) is 9.78 Å². The molecule has 1 aromatic heterocycles. The van der Waals surface area contributed by atoms with Crippen LogP contribution in [0.4, 0.5) is 0 Å². The minimum Gasteiger partial charge on any atom is -0.487 e. The van der Waals surface area contributed by atoms with E-state index < -0.39 is 0 Å². The number of rotatable bonds is 4. The molecule has 0 aliphatic carbocycles. The van der Waals surface area contributed by atoms with Gasteiger partial charge in [-0.05, 0) is 60.7 Å². The van der Waals surface area contributed by atoms with Crippen LogP contribution in [0, 0.1) is 10.5 Å². The van der Waals surface area contributed by atoms with Crippen LogP contribution in [0.2, 0.25) is 5.02 Å². The van der Waals surface area contributed by atoms with E-state index >= 15 is 0 Å². The highest BCUT2D eigenvalue weighted by Crippen LogP contribution is 2.22. The van der Waals surface area contributed by atoms with E-state index in [1.54, 1.807) is 0 Å². The van der Waals surface area contributed by atoms with E-state index in [4.69, 9.17) is 16.3 Å². The number of aryl methyl sites for hydroxylation is 2. The van der Waals surface area contributed by atoms with Gasteiger partial charge in [-0.25, -0.2) is 0 Å². The predicted octanol–water partition coefficient (Wildman–Crippen LogP) is 4.05. The summed E-state index contributed by atoms with van der Waals surface area (Å²) in [6.07, 6.45) is 0. The fourth-order valence-corrected chi connectivity index (χ4v) is 2.24. The molecule has 1 heterocycles. The van der Waals surface area contributed by atoms with E-state index in [1.165, 1.54) is 3.57 Å². The van der Waals surface area contributed by atoms with Gasteiger partial charge in [-0.2, -0.15) is 5.10 Å². The summed E-state index contributed by atoms with van der Waals surface area (Å²) >= 11 is 8.49. The molecule has 0 amide bonds. The zero-order valence-electron chi connectivity index (χ0n) is 10.3. The van der Waals surface area contributed by atoms with Crippen LogP contribution in [0.3, 0.4) is 0 Å². The second-order valence-corrected chi connectivity index (χ2v) is 5.53. The molecule has 0 atom stereocenters. The van der Waals surface area contributed by atoms with Gasteiger partial charge in [0.1, 0.15) is 12.4 Å². The third kappa shape index (κ3) is 2.98. The van der Waals surface area contributed by atoms with Gasteiger partial charge in [0.25, 0.3) is 0 Å². The number of hydrogen-bond donors (Lipinski definition) is 0. The first kappa shape index (κ1) is 13.7. The SMILES string of the molecule is CCn1nc(C)c(Cl)c1COc1ccc(I)cc1. The Hall–Kier alpha value is -0.750. The molecule has 0 bridgehead atoms. The fourth-order valence-electron chi connectivity index (χ4n) is 1.69. The summed E-state index contributed by atoms with van der Waals surface area (Å²) in [6.45, 7) is 5.17. The normalized spacial score (nSPS) is 10.7. The molecule has 2 aromatic rings. The van der Waals surface area contributed by atoms with Crippen molar-refractivity contribution in [1.29, 1.82) is 0 Å². The standard InChI is InChI=1S/C13H14ClIN2O/c1-3-17-12(13(14)9(2)16-17)8-18-11-6-4-10(15)5-7-11/h4-7H,3,8H2,1-2H3. The summed E-state index contributed by atoms with van der Waals surface area (Å²) in [7, 11) is 0. The van der Waals surface area contributed by atoms with E-state index in [9.17, 15) is 0 Å². The molecular weight excluding hydrogens is 363 g/mol. The molecule has 0 spiro atoms. The summed E-state index contributed by atoms with van der Waals surface area (Å²) in [5.74, 6) is 0.841. The molecule has 0 saturated carbocycles. The van der Waals surface area contributed by atoms with E-state index in [0.29, 0.717) is 11.6 Å². The van der Waals surface area contributed by atoms with Gasteiger partial charge in [0, 0.05) is 10.1 Å². The lowest BCUT2D eigenvalue weighted by Crippen LogP contribution is -2.06. The summed E-state index contributed by atoms with van der Waals surface area (Å²) in [6, 6.07) is 7.93. The maximum atomic E-state index is 6.22. The van der Waals surface area contributed by atoms with Crippen LogP contribution in [0.1, 0.15) is 18.3 Å². The molecule has 1 aromatic carbocycles. The summed E-state index contributed by atoms with van der Waals surface area (Å²) in [5.41, 5.74) is 1.77. The number of benzene rings is 1. The highest BCUT2D eigenvalue weighted by atomic mass is 127. The van der Waals surface area contributed by atoms with Crippen LogP contribution >= 0.6 is 34.2 Å². The second kappa shape index (κ2) is 5.93. The Kier molecular flexibility index (Phi) is 4.50. The number of halogens is 2. The average molecular weight is 377 g/mol. The first-order chi connectivity index (χ1) is 8.61. The van der Waals surface area contributed by atoms with Crippen molar-refractivity contribution in [1.82, 2.24) is 9.78 Å². The van der Waals surface area contributed by atoms with Crippen molar-refractivity contribution in [3.05, 3.63) is 44.2 Å². The van der Waals surface area contributed by atoms with Gasteiger partial charge in [-0.3, -0.25) is 4.68 Å². The first-order valence-corrected chi connectivity index (χ1v) is 7.17. The number of ether oxygens (including phenoxy) is 1. The molecule has 0 N–H and O–H groups in total. The second-order valence-electron chi connectivity index (χ2n) is 3.90. The smallest absolute Gasteiger partial charge is 0.131 e. The molecule has 0 radical (unpaired) electrons. The third-order valence-electron chi connectivity index (χ3n) is 2.64. The van der Waals surface area contributed by atoms with Crippen LogP contribution in [0.15, 0.2) is 24.3 Å². The monoisotopic (exact) mass is 376 g/mol. The lowest BCUT2D eigenvalue weighted by molar-refractivity contribution is 0.292. The van der Waals surface area contributed by atoms with E-state index in [-0.39, 0.29) is 0 Å². The minimum absolute atomic E-state index is 0.439. The zero-order chi connectivity index (χ0) is 13.1. The summed E-state index contributed by atoms with van der Waals surface area (Å²) in [5, 5.41) is 5.06. The van der Waals surface area contributed by atoms with Crippen LogP contribution in [0.25, 0.3) is 0 Å². The lowest BCUT2D eigenvalue weighted by atomic mass is 10.3. The molecule has 5 heteroatoms. The Labute approximate surface area is 125 Å². The molecule has 3 nitrogen and oxygen atoms in total. The van der Waals surface area contributed by atoms with Gasteiger partial charge in [0.2, 0.25) is 0 Å². The zero-order valence-corrected chi connectivity index (χ0v) is 13.2. The van der Waals surface area contributed by atoms with Crippen molar-refractivity contribution < 1.29 is 4.74 Å². The van der Waals surface area contributed by atoms with Gasteiger partial charge in [-0.15, -0.1) is 0 Å². The van der Waals surface area contributed by atoms with Crippen LogP contribution in [0.5, 0.6) is 5.75 Å². The van der Waals surface area contributed by atoms with Crippen molar-refractivity contribution >= 4 is 34.2 Å². The third-order valence-corrected chi connectivity index (χ3v) is 3.85. The fraction of sp³-hybridized carbons (Fsp3) is 0.308. The predicted molar refractivity (Wildman–Crippen MR) is 81.1 cm³/mol. The van der Waals surface area contributed by atoms with Crippen molar-refractivity contribution in [2.75, 3.05) is 0 Å². The Morgan fingerprint density at radius 3 is 2.61 bits per heavy atom. The number of aromatic nitrogens is 2. The Balaban J connectivity index is 2.12. The van der Waals surface area contributed by atoms with E-state index in [1.807, 2.05) is 42.8 Å². The van der Waals surface area contributed by atoms with Crippen LogP contribution < -0.4 is 4.74 Å². The Bertz CT molecular complexity index is 537. The first-order valence-electron chi connectivity index (χ1n) is 5.72. The minimum atomic E-state index is 0.439. The lowest BCUT2D eigenvalue weighted by Gasteiger charge is -2.08. The van der Waals surface area contributed by atoms with Crippen molar-refractivity contribution in [3.63, 3.8) is 0 Å². The summed E-state index contributed by atoms with van der Waals surface area (Å²) < 4.78 is 8.80. The molecule has 0 aliphatic heterocycles. The van der Waals surface area contributed by atoms with E-state index in [2.05, 4.69) is 27.7 Å². The molecule has 2 rings (SSSR count). The van der Waals surface area contributed by atoms with E-state index in [0.717, 1.165) is 23.7 Å². The average Bonchev–Trinajstić information content (AvgIpc) is 2.65. The van der Waals surface area contributed by atoms with Crippen LogP contribution in [-0.2, 0) is 13.2 Å².